The van der Waals surface area contributed by atoms with Crippen LogP contribution in [0.3, 0.4) is 0 Å². The highest BCUT2D eigenvalue weighted by Gasteiger charge is 2.16. The zero-order valence-electron chi connectivity index (χ0n) is 13.8. The summed E-state index contributed by atoms with van der Waals surface area (Å²) < 4.78 is 1.74. The molecule has 124 valence electrons. The molecule has 0 radical (unpaired) electrons. The van der Waals surface area contributed by atoms with Crippen molar-refractivity contribution in [2.24, 2.45) is 0 Å². The van der Waals surface area contributed by atoms with Gasteiger partial charge in [0.15, 0.2) is 0 Å². The topological polar surface area (TPSA) is 86.2 Å². The van der Waals surface area contributed by atoms with Gasteiger partial charge in [-0.15, -0.1) is 5.10 Å². The predicted molar refractivity (Wildman–Crippen MR) is 92.4 cm³/mol. The zero-order valence-corrected chi connectivity index (χ0v) is 14.7. The fraction of sp³-hybridized carbons (Fsp3) is 0.312. The molecule has 0 N–H and O–H groups in total. The number of benzene rings is 1. The van der Waals surface area contributed by atoms with Crippen molar-refractivity contribution in [1.82, 2.24) is 19.6 Å². The minimum absolute atomic E-state index is 0.00943. The van der Waals surface area contributed by atoms with Gasteiger partial charge in [0, 0.05) is 28.8 Å². The van der Waals surface area contributed by atoms with E-state index in [2.05, 4.69) is 15.1 Å². The Morgan fingerprint density at radius 1 is 1.25 bits per heavy atom. The average Bonchev–Trinajstić information content (AvgIpc) is 2.95. The number of hydrogen-bond donors (Lipinski definition) is 0. The van der Waals surface area contributed by atoms with E-state index in [0.717, 1.165) is 22.5 Å². The largest absolute Gasteiger partial charge is 0.269 e. The molecule has 0 spiro atoms. The number of aryl methyl sites for hydroxylation is 2. The molecule has 0 bridgehead atoms. The smallest absolute Gasteiger partial charge is 0.258 e. The molecule has 0 amide bonds. The second-order valence-electron chi connectivity index (χ2n) is 5.63. The number of nitro benzene ring substituents is 1. The van der Waals surface area contributed by atoms with E-state index < -0.39 is 0 Å². The van der Waals surface area contributed by atoms with Crippen LogP contribution in [0.15, 0.2) is 29.4 Å². The van der Waals surface area contributed by atoms with E-state index in [1.165, 1.54) is 17.8 Å². The van der Waals surface area contributed by atoms with Crippen LogP contribution in [-0.4, -0.2) is 24.5 Å². The Labute approximate surface area is 143 Å². The first-order valence-electron chi connectivity index (χ1n) is 7.48. The van der Waals surface area contributed by atoms with Crippen LogP contribution in [0.5, 0.6) is 0 Å². The van der Waals surface area contributed by atoms with E-state index in [-0.39, 0.29) is 15.9 Å². The SMILES string of the molecule is Cc1nc2nc(S[C@@H](C)c3cccc([N+](=O)[O-])c3)nn2c(C)c1C. The number of thioether (sulfide) groups is 1. The van der Waals surface area contributed by atoms with Gasteiger partial charge < -0.3 is 0 Å². The van der Waals surface area contributed by atoms with Crippen molar-refractivity contribution in [3.05, 3.63) is 56.9 Å². The molecule has 2 heterocycles. The number of fused-ring (bicyclic) bond motifs is 1. The minimum Gasteiger partial charge on any atom is -0.258 e. The van der Waals surface area contributed by atoms with E-state index >= 15 is 0 Å². The van der Waals surface area contributed by atoms with Gasteiger partial charge in [0.2, 0.25) is 5.16 Å². The highest BCUT2D eigenvalue weighted by Crippen LogP contribution is 2.34. The summed E-state index contributed by atoms with van der Waals surface area (Å²) in [6.07, 6.45) is 0. The first kappa shape index (κ1) is 16.4. The van der Waals surface area contributed by atoms with Gasteiger partial charge in [-0.25, -0.2) is 9.50 Å². The molecule has 0 aliphatic rings. The van der Waals surface area contributed by atoms with Crippen molar-refractivity contribution in [3.63, 3.8) is 0 Å². The molecule has 0 aliphatic heterocycles. The summed E-state index contributed by atoms with van der Waals surface area (Å²) in [6.45, 7) is 7.93. The standard InChI is InChI=1S/C16H17N5O2S/c1-9-10(2)17-15-18-16(19-20(15)11(9)3)24-12(4)13-6-5-7-14(8-13)21(22)23/h5-8,12H,1-4H3/t12-/m0/s1. The maximum absolute atomic E-state index is 10.9. The van der Waals surface area contributed by atoms with Crippen LogP contribution in [0.2, 0.25) is 0 Å². The predicted octanol–water partition coefficient (Wildman–Crippen LogP) is 3.81. The van der Waals surface area contributed by atoms with Crippen molar-refractivity contribution in [3.8, 4) is 0 Å². The van der Waals surface area contributed by atoms with Gasteiger partial charge in [0.25, 0.3) is 11.5 Å². The van der Waals surface area contributed by atoms with Gasteiger partial charge in [-0.1, -0.05) is 23.9 Å². The van der Waals surface area contributed by atoms with Gasteiger partial charge in [-0.2, -0.15) is 4.98 Å². The normalized spacial score (nSPS) is 12.5. The van der Waals surface area contributed by atoms with Crippen LogP contribution in [0.25, 0.3) is 5.78 Å². The molecule has 1 atom stereocenters. The Balaban J connectivity index is 1.91. The number of non-ortho nitro benzene ring substituents is 1. The number of nitro groups is 1. The molecule has 0 fully saturated rings. The molecule has 0 aliphatic carbocycles. The highest BCUT2D eigenvalue weighted by atomic mass is 32.2. The van der Waals surface area contributed by atoms with Crippen molar-refractivity contribution < 1.29 is 4.92 Å². The summed E-state index contributed by atoms with van der Waals surface area (Å²) in [5.74, 6) is 0.573. The van der Waals surface area contributed by atoms with Crippen molar-refractivity contribution >= 4 is 23.2 Å². The molecule has 1 aromatic carbocycles. The van der Waals surface area contributed by atoms with E-state index in [9.17, 15) is 10.1 Å². The van der Waals surface area contributed by atoms with E-state index in [4.69, 9.17) is 0 Å². The van der Waals surface area contributed by atoms with Crippen molar-refractivity contribution in [1.29, 1.82) is 0 Å². The van der Waals surface area contributed by atoms with Crippen LogP contribution < -0.4 is 0 Å². The summed E-state index contributed by atoms with van der Waals surface area (Å²) in [5.41, 5.74) is 4.00. The fourth-order valence-electron chi connectivity index (χ4n) is 2.40. The number of rotatable bonds is 4. The summed E-state index contributed by atoms with van der Waals surface area (Å²) >= 11 is 1.46. The zero-order chi connectivity index (χ0) is 17.4. The van der Waals surface area contributed by atoms with Crippen LogP contribution in [0, 0.1) is 30.9 Å². The minimum atomic E-state index is -0.386. The highest BCUT2D eigenvalue weighted by molar-refractivity contribution is 7.99. The maximum Gasteiger partial charge on any atom is 0.269 e. The lowest BCUT2D eigenvalue weighted by Gasteiger charge is -2.08. The van der Waals surface area contributed by atoms with Crippen LogP contribution in [0.4, 0.5) is 5.69 Å². The maximum atomic E-state index is 10.9. The van der Waals surface area contributed by atoms with Crippen molar-refractivity contribution in [2.45, 2.75) is 38.1 Å². The molecule has 0 unspecified atom stereocenters. The first-order chi connectivity index (χ1) is 11.4. The average molecular weight is 343 g/mol. The van der Waals surface area contributed by atoms with Gasteiger partial charge >= 0.3 is 0 Å². The third-order valence-electron chi connectivity index (χ3n) is 4.07. The molecule has 0 saturated carbocycles. The third-order valence-corrected chi connectivity index (χ3v) is 5.08. The van der Waals surface area contributed by atoms with Crippen LogP contribution >= 0.6 is 11.8 Å². The lowest BCUT2D eigenvalue weighted by Crippen LogP contribution is -2.02. The molecule has 0 saturated heterocycles. The van der Waals surface area contributed by atoms with Crippen LogP contribution in [-0.2, 0) is 0 Å². The summed E-state index contributed by atoms with van der Waals surface area (Å²) in [6, 6.07) is 6.65. The quantitative estimate of drug-likeness (QED) is 0.407. The Hall–Kier alpha value is -2.48. The molecule has 3 aromatic rings. The molecule has 8 heteroatoms. The van der Waals surface area contributed by atoms with Crippen LogP contribution in [0.1, 0.15) is 34.7 Å². The van der Waals surface area contributed by atoms with Gasteiger partial charge in [-0.3, -0.25) is 10.1 Å². The Morgan fingerprint density at radius 3 is 2.71 bits per heavy atom. The van der Waals surface area contributed by atoms with E-state index in [1.54, 1.807) is 16.6 Å². The van der Waals surface area contributed by atoms with Gasteiger partial charge in [-0.05, 0) is 38.8 Å². The summed E-state index contributed by atoms with van der Waals surface area (Å²) in [5, 5.41) is 16.0. The summed E-state index contributed by atoms with van der Waals surface area (Å²) in [7, 11) is 0. The lowest BCUT2D eigenvalue weighted by atomic mass is 10.1. The van der Waals surface area contributed by atoms with Gasteiger partial charge in [0.1, 0.15) is 0 Å². The molecular weight excluding hydrogens is 326 g/mol. The second-order valence-corrected chi connectivity index (χ2v) is 6.93. The second kappa shape index (κ2) is 6.20. The lowest BCUT2D eigenvalue weighted by molar-refractivity contribution is -0.384. The first-order valence-corrected chi connectivity index (χ1v) is 8.36. The van der Waals surface area contributed by atoms with Crippen molar-refractivity contribution in [2.75, 3.05) is 0 Å². The molecule has 3 rings (SSSR count). The Morgan fingerprint density at radius 2 is 2.00 bits per heavy atom. The van der Waals surface area contributed by atoms with Gasteiger partial charge in [0.05, 0.1) is 4.92 Å². The van der Waals surface area contributed by atoms with E-state index in [0.29, 0.717) is 10.9 Å². The fourth-order valence-corrected chi connectivity index (χ4v) is 3.27. The number of nitrogens with zero attached hydrogens (tertiary/aromatic N) is 5. The molecular formula is C16H17N5O2S. The summed E-state index contributed by atoms with van der Waals surface area (Å²) in [4.78, 5) is 19.5. The number of aromatic nitrogens is 4. The molecule has 24 heavy (non-hydrogen) atoms. The third kappa shape index (κ3) is 2.96. The number of hydrogen-bond acceptors (Lipinski definition) is 6. The Kier molecular flexibility index (Phi) is 4.23. The Bertz CT molecular complexity index is 938. The molecule has 7 nitrogen and oxygen atoms in total. The monoisotopic (exact) mass is 343 g/mol. The molecule has 2 aromatic heterocycles. The van der Waals surface area contributed by atoms with E-state index in [1.807, 2.05) is 33.8 Å².